The molecule has 94 valence electrons. The van der Waals surface area contributed by atoms with E-state index < -0.39 is 0 Å². The number of carbonyl (C=O) groups is 1. The van der Waals surface area contributed by atoms with Crippen LogP contribution in [0.4, 0.5) is 0 Å². The molecule has 1 aromatic rings. The Balaban J connectivity index is 1.84. The van der Waals surface area contributed by atoms with Crippen molar-refractivity contribution in [3.05, 3.63) is 46.4 Å². The van der Waals surface area contributed by atoms with Gasteiger partial charge in [0.15, 0.2) is 5.70 Å². The van der Waals surface area contributed by atoms with Crippen molar-refractivity contribution in [1.82, 2.24) is 16.0 Å². The lowest BCUT2D eigenvalue weighted by molar-refractivity contribution is -0.119. The third-order valence-electron chi connectivity index (χ3n) is 2.94. The van der Waals surface area contributed by atoms with Gasteiger partial charge < -0.3 is 20.7 Å². The summed E-state index contributed by atoms with van der Waals surface area (Å²) >= 11 is 5.85. The first-order valence-electron chi connectivity index (χ1n) is 5.65. The van der Waals surface area contributed by atoms with Gasteiger partial charge in [0.2, 0.25) is 5.88 Å². The average molecular weight is 266 g/mol. The second-order valence-corrected chi connectivity index (χ2v) is 4.56. The standard InChI is InChI=1S/C12H12ClN3O2/c13-8-3-1-7(2-4-8)9-5-18-12-10(16-9)11(17)14-6-15-12/h1-4,9,15-16H,5-6H2,(H,14,17). The molecule has 0 aliphatic carbocycles. The Morgan fingerprint density at radius 1 is 1.22 bits per heavy atom. The van der Waals surface area contributed by atoms with Crippen LogP contribution in [0.15, 0.2) is 35.8 Å². The molecule has 1 amide bonds. The summed E-state index contributed by atoms with van der Waals surface area (Å²) in [4.78, 5) is 11.7. The van der Waals surface area contributed by atoms with Crippen LogP contribution in [-0.2, 0) is 9.53 Å². The molecule has 0 saturated carbocycles. The van der Waals surface area contributed by atoms with Crippen molar-refractivity contribution >= 4 is 17.5 Å². The summed E-state index contributed by atoms with van der Waals surface area (Å²) in [7, 11) is 0. The van der Waals surface area contributed by atoms with Crippen molar-refractivity contribution < 1.29 is 9.53 Å². The van der Waals surface area contributed by atoms with E-state index in [9.17, 15) is 4.79 Å². The number of hydrogen-bond donors (Lipinski definition) is 3. The van der Waals surface area contributed by atoms with Gasteiger partial charge in [-0.15, -0.1) is 0 Å². The molecule has 1 unspecified atom stereocenters. The van der Waals surface area contributed by atoms with Crippen LogP contribution >= 0.6 is 11.6 Å². The van der Waals surface area contributed by atoms with Gasteiger partial charge >= 0.3 is 0 Å². The summed E-state index contributed by atoms with van der Waals surface area (Å²) < 4.78 is 5.56. The third-order valence-corrected chi connectivity index (χ3v) is 3.19. The Morgan fingerprint density at radius 3 is 2.78 bits per heavy atom. The lowest BCUT2D eigenvalue weighted by Crippen LogP contribution is -2.49. The highest BCUT2D eigenvalue weighted by atomic mass is 35.5. The van der Waals surface area contributed by atoms with Crippen molar-refractivity contribution in [3.8, 4) is 0 Å². The molecule has 3 rings (SSSR count). The van der Waals surface area contributed by atoms with E-state index in [-0.39, 0.29) is 11.9 Å². The van der Waals surface area contributed by atoms with Crippen LogP contribution in [0.1, 0.15) is 11.6 Å². The molecule has 5 nitrogen and oxygen atoms in total. The second kappa shape index (κ2) is 4.42. The van der Waals surface area contributed by atoms with Crippen molar-refractivity contribution in [2.45, 2.75) is 6.04 Å². The number of halogens is 1. The predicted octanol–water partition coefficient (Wildman–Crippen LogP) is 0.847. The van der Waals surface area contributed by atoms with Crippen LogP contribution in [0, 0.1) is 0 Å². The normalized spacial score (nSPS) is 22.3. The van der Waals surface area contributed by atoms with E-state index >= 15 is 0 Å². The largest absolute Gasteiger partial charge is 0.475 e. The van der Waals surface area contributed by atoms with E-state index in [1.807, 2.05) is 24.3 Å². The highest BCUT2D eigenvalue weighted by Gasteiger charge is 2.29. The maximum absolute atomic E-state index is 11.7. The first-order valence-corrected chi connectivity index (χ1v) is 6.03. The van der Waals surface area contributed by atoms with E-state index in [1.54, 1.807) is 0 Å². The fourth-order valence-corrected chi connectivity index (χ4v) is 2.12. The number of amides is 1. The minimum absolute atomic E-state index is 0.0494. The van der Waals surface area contributed by atoms with Crippen LogP contribution in [-0.4, -0.2) is 19.2 Å². The van der Waals surface area contributed by atoms with Crippen LogP contribution in [0.5, 0.6) is 0 Å². The third kappa shape index (κ3) is 1.97. The summed E-state index contributed by atoms with van der Waals surface area (Å²) in [6.45, 7) is 0.867. The SMILES string of the molecule is O=C1NCNC2=C1NC(c1ccc(Cl)cc1)CO2. The lowest BCUT2D eigenvalue weighted by atomic mass is 10.1. The first kappa shape index (κ1) is 11.2. The molecular weight excluding hydrogens is 254 g/mol. The van der Waals surface area contributed by atoms with E-state index in [4.69, 9.17) is 16.3 Å². The Kier molecular flexibility index (Phi) is 2.76. The average Bonchev–Trinajstić information content (AvgIpc) is 2.40. The lowest BCUT2D eigenvalue weighted by Gasteiger charge is -2.32. The molecule has 6 heteroatoms. The zero-order valence-electron chi connectivity index (χ0n) is 9.50. The van der Waals surface area contributed by atoms with Gasteiger partial charge in [0.25, 0.3) is 5.91 Å². The number of rotatable bonds is 1. The van der Waals surface area contributed by atoms with Gasteiger partial charge in [-0.25, -0.2) is 0 Å². The molecule has 0 spiro atoms. The molecule has 3 N–H and O–H groups in total. The molecule has 18 heavy (non-hydrogen) atoms. The molecule has 2 aliphatic rings. The zero-order chi connectivity index (χ0) is 12.5. The molecule has 0 saturated heterocycles. The fraction of sp³-hybridized carbons (Fsp3) is 0.250. The number of carbonyl (C=O) groups excluding carboxylic acids is 1. The quantitative estimate of drug-likeness (QED) is 0.704. The van der Waals surface area contributed by atoms with Gasteiger partial charge in [-0.1, -0.05) is 23.7 Å². The van der Waals surface area contributed by atoms with Gasteiger partial charge in [0, 0.05) is 5.02 Å². The first-order chi connectivity index (χ1) is 8.74. The van der Waals surface area contributed by atoms with Gasteiger partial charge in [-0.2, -0.15) is 0 Å². The van der Waals surface area contributed by atoms with E-state index in [0.29, 0.717) is 29.9 Å². The van der Waals surface area contributed by atoms with Crippen molar-refractivity contribution in [2.24, 2.45) is 0 Å². The van der Waals surface area contributed by atoms with E-state index in [1.165, 1.54) is 0 Å². The Labute approximate surface area is 109 Å². The van der Waals surface area contributed by atoms with Gasteiger partial charge in [0.05, 0.1) is 12.7 Å². The fourth-order valence-electron chi connectivity index (χ4n) is 2.00. The molecule has 2 heterocycles. The van der Waals surface area contributed by atoms with Gasteiger partial charge in [-0.3, -0.25) is 4.79 Å². The van der Waals surface area contributed by atoms with Crippen LogP contribution in [0.2, 0.25) is 5.02 Å². The van der Waals surface area contributed by atoms with Crippen molar-refractivity contribution in [1.29, 1.82) is 0 Å². The number of hydrogen-bond acceptors (Lipinski definition) is 4. The summed E-state index contributed by atoms with van der Waals surface area (Å²) in [5.41, 5.74) is 1.48. The van der Waals surface area contributed by atoms with E-state index in [0.717, 1.165) is 5.56 Å². The monoisotopic (exact) mass is 265 g/mol. The minimum atomic E-state index is -0.151. The van der Waals surface area contributed by atoms with Crippen LogP contribution in [0.25, 0.3) is 0 Å². The molecule has 0 fully saturated rings. The number of ether oxygens (including phenoxy) is 1. The topological polar surface area (TPSA) is 62.4 Å². The van der Waals surface area contributed by atoms with Crippen LogP contribution < -0.4 is 16.0 Å². The number of nitrogens with one attached hydrogen (secondary N) is 3. The molecule has 1 aromatic carbocycles. The molecular formula is C12H12ClN3O2. The highest BCUT2D eigenvalue weighted by Crippen LogP contribution is 2.23. The molecule has 0 aromatic heterocycles. The van der Waals surface area contributed by atoms with E-state index in [2.05, 4.69) is 16.0 Å². The van der Waals surface area contributed by atoms with Gasteiger partial charge in [-0.05, 0) is 17.7 Å². The Morgan fingerprint density at radius 2 is 2.00 bits per heavy atom. The Bertz CT molecular complexity index is 513. The zero-order valence-corrected chi connectivity index (χ0v) is 10.3. The smallest absolute Gasteiger partial charge is 0.274 e. The summed E-state index contributed by atoms with van der Waals surface area (Å²) in [5, 5.41) is 9.53. The van der Waals surface area contributed by atoms with Crippen molar-refractivity contribution in [2.75, 3.05) is 13.3 Å². The maximum atomic E-state index is 11.7. The summed E-state index contributed by atoms with van der Waals surface area (Å²) in [6.07, 6.45) is 0. The molecule has 0 bridgehead atoms. The minimum Gasteiger partial charge on any atom is -0.475 e. The molecule has 1 atom stereocenters. The predicted molar refractivity (Wildman–Crippen MR) is 66.5 cm³/mol. The maximum Gasteiger partial charge on any atom is 0.274 e. The second-order valence-electron chi connectivity index (χ2n) is 4.12. The van der Waals surface area contributed by atoms with Crippen molar-refractivity contribution in [3.63, 3.8) is 0 Å². The highest BCUT2D eigenvalue weighted by molar-refractivity contribution is 6.30. The summed E-state index contributed by atoms with van der Waals surface area (Å²) in [6, 6.07) is 7.43. The number of benzene rings is 1. The van der Waals surface area contributed by atoms with Crippen LogP contribution in [0.3, 0.4) is 0 Å². The van der Waals surface area contributed by atoms with Gasteiger partial charge in [0.1, 0.15) is 6.61 Å². The molecule has 2 aliphatic heterocycles. The molecule has 0 radical (unpaired) electrons. The Hall–Kier alpha value is -1.88. The summed E-state index contributed by atoms with van der Waals surface area (Å²) in [5.74, 6) is 0.367.